The quantitative estimate of drug-likeness (QED) is 0.783. The van der Waals surface area contributed by atoms with E-state index in [4.69, 9.17) is 5.11 Å². The van der Waals surface area contributed by atoms with Gasteiger partial charge in [0.05, 0.1) is 18.0 Å². The third kappa shape index (κ3) is 3.21. The van der Waals surface area contributed by atoms with Gasteiger partial charge in [-0.05, 0) is 12.8 Å². The Hall–Kier alpha value is -2.11. The van der Waals surface area contributed by atoms with Gasteiger partial charge in [-0.2, -0.15) is 5.10 Å². The summed E-state index contributed by atoms with van der Waals surface area (Å²) in [5, 5.41) is 15.9. The number of hydrogen-bond acceptors (Lipinski definition) is 3. The third-order valence-electron chi connectivity index (χ3n) is 3.31. The minimum absolute atomic E-state index is 0.208. The number of carbonyl (C=O) groups is 2. The molecule has 1 aliphatic rings. The van der Waals surface area contributed by atoms with Crippen LogP contribution in [0.5, 0.6) is 0 Å². The van der Waals surface area contributed by atoms with Crippen LogP contribution in [0.25, 0.3) is 0 Å². The number of amides is 1. The molecule has 102 valence electrons. The van der Waals surface area contributed by atoms with Crippen molar-refractivity contribution < 1.29 is 14.7 Å². The van der Waals surface area contributed by atoms with Crippen molar-refractivity contribution >= 4 is 11.9 Å². The molecule has 1 heterocycles. The van der Waals surface area contributed by atoms with Crippen molar-refractivity contribution in [2.24, 2.45) is 18.9 Å². The van der Waals surface area contributed by atoms with E-state index in [1.807, 2.05) is 18.3 Å². The zero-order chi connectivity index (χ0) is 13.8. The molecule has 6 heteroatoms. The number of rotatable bonds is 4. The van der Waals surface area contributed by atoms with E-state index in [0.717, 1.165) is 5.56 Å². The van der Waals surface area contributed by atoms with Gasteiger partial charge in [0.15, 0.2) is 0 Å². The summed E-state index contributed by atoms with van der Waals surface area (Å²) in [4.78, 5) is 23.2. The van der Waals surface area contributed by atoms with Crippen molar-refractivity contribution in [2.75, 3.05) is 0 Å². The molecule has 1 aliphatic carbocycles. The van der Waals surface area contributed by atoms with Crippen LogP contribution >= 0.6 is 0 Å². The van der Waals surface area contributed by atoms with Crippen molar-refractivity contribution in [3.63, 3.8) is 0 Å². The molecule has 0 bridgehead atoms. The van der Waals surface area contributed by atoms with Crippen molar-refractivity contribution in [3.8, 4) is 0 Å². The Bertz CT molecular complexity index is 507. The summed E-state index contributed by atoms with van der Waals surface area (Å²) in [6.45, 7) is 0.374. The number of allylic oxidation sites excluding steroid dienone is 2. The predicted molar refractivity (Wildman–Crippen MR) is 68.0 cm³/mol. The largest absolute Gasteiger partial charge is 0.481 e. The summed E-state index contributed by atoms with van der Waals surface area (Å²) in [6, 6.07) is 0. The van der Waals surface area contributed by atoms with Crippen LogP contribution in [0.2, 0.25) is 0 Å². The summed E-state index contributed by atoms with van der Waals surface area (Å²) in [5.74, 6) is -2.23. The molecule has 19 heavy (non-hydrogen) atoms. The molecule has 0 spiro atoms. The Morgan fingerprint density at radius 2 is 2.11 bits per heavy atom. The van der Waals surface area contributed by atoms with E-state index in [9.17, 15) is 9.59 Å². The fourth-order valence-electron chi connectivity index (χ4n) is 2.26. The fraction of sp³-hybridized carbons (Fsp3) is 0.462. The minimum atomic E-state index is -0.911. The average molecular weight is 263 g/mol. The molecule has 0 fully saturated rings. The van der Waals surface area contributed by atoms with Gasteiger partial charge in [-0.1, -0.05) is 12.2 Å². The molecule has 0 radical (unpaired) electrons. The van der Waals surface area contributed by atoms with Gasteiger partial charge in [0.1, 0.15) is 0 Å². The SMILES string of the molecule is Cn1cc(CNC(=O)[C@@H]2CC=CC[C@H]2C(=O)O)cn1. The Morgan fingerprint density at radius 3 is 2.68 bits per heavy atom. The third-order valence-corrected chi connectivity index (χ3v) is 3.31. The summed E-state index contributed by atoms with van der Waals surface area (Å²) < 4.78 is 1.66. The second kappa shape index (κ2) is 5.69. The normalized spacial score (nSPS) is 22.2. The number of carboxylic acids is 1. The molecular weight excluding hydrogens is 246 g/mol. The number of aromatic nitrogens is 2. The van der Waals surface area contributed by atoms with Crippen molar-refractivity contribution in [2.45, 2.75) is 19.4 Å². The first-order valence-corrected chi connectivity index (χ1v) is 6.21. The molecule has 6 nitrogen and oxygen atoms in total. The summed E-state index contributed by atoms with van der Waals surface area (Å²) >= 11 is 0. The lowest BCUT2D eigenvalue weighted by atomic mass is 9.82. The van der Waals surface area contributed by atoms with Crippen LogP contribution in [0.3, 0.4) is 0 Å². The van der Waals surface area contributed by atoms with Crippen LogP contribution in [0.1, 0.15) is 18.4 Å². The lowest BCUT2D eigenvalue weighted by molar-refractivity contribution is -0.147. The molecule has 1 aromatic rings. The number of carboxylic acid groups (broad SMARTS) is 1. The van der Waals surface area contributed by atoms with Crippen LogP contribution in [0, 0.1) is 11.8 Å². The Kier molecular flexibility index (Phi) is 3.99. The molecule has 2 atom stereocenters. The molecule has 2 rings (SSSR count). The number of hydrogen-bond donors (Lipinski definition) is 2. The Morgan fingerprint density at radius 1 is 1.42 bits per heavy atom. The van der Waals surface area contributed by atoms with Crippen molar-refractivity contribution in [1.29, 1.82) is 0 Å². The number of aliphatic carboxylic acids is 1. The second-order valence-corrected chi connectivity index (χ2v) is 4.73. The highest BCUT2D eigenvalue weighted by Crippen LogP contribution is 2.26. The van der Waals surface area contributed by atoms with Gasteiger partial charge < -0.3 is 10.4 Å². The number of carbonyl (C=O) groups excluding carboxylic acids is 1. The van der Waals surface area contributed by atoms with Crippen LogP contribution in [0.4, 0.5) is 0 Å². The maximum atomic E-state index is 12.1. The molecule has 0 aromatic carbocycles. The Balaban J connectivity index is 1.95. The number of aryl methyl sites for hydroxylation is 1. The van der Waals surface area contributed by atoms with E-state index in [1.54, 1.807) is 17.9 Å². The molecule has 0 saturated carbocycles. The first-order chi connectivity index (χ1) is 9.08. The number of nitrogens with one attached hydrogen (secondary N) is 1. The van der Waals surface area contributed by atoms with E-state index >= 15 is 0 Å². The summed E-state index contributed by atoms with van der Waals surface area (Å²) in [7, 11) is 1.80. The molecule has 1 aromatic heterocycles. The molecule has 1 amide bonds. The lowest BCUT2D eigenvalue weighted by Crippen LogP contribution is -2.38. The first kappa shape index (κ1) is 13.3. The summed E-state index contributed by atoms with van der Waals surface area (Å²) in [6.07, 6.45) is 8.08. The maximum absolute atomic E-state index is 12.1. The van der Waals surface area contributed by atoms with Crippen LogP contribution in [-0.4, -0.2) is 26.8 Å². The number of nitrogens with zero attached hydrogens (tertiary/aromatic N) is 2. The monoisotopic (exact) mass is 263 g/mol. The van der Waals surface area contributed by atoms with Gasteiger partial charge in [0.2, 0.25) is 5.91 Å². The fourth-order valence-corrected chi connectivity index (χ4v) is 2.26. The lowest BCUT2D eigenvalue weighted by Gasteiger charge is -2.24. The smallest absolute Gasteiger partial charge is 0.307 e. The zero-order valence-electron chi connectivity index (χ0n) is 10.7. The van der Waals surface area contributed by atoms with Crippen molar-refractivity contribution in [3.05, 3.63) is 30.1 Å². The predicted octanol–water partition coefficient (Wildman–Crippen LogP) is 0.703. The zero-order valence-corrected chi connectivity index (χ0v) is 10.7. The Labute approximate surface area is 111 Å². The van der Waals surface area contributed by atoms with Crippen molar-refractivity contribution in [1.82, 2.24) is 15.1 Å². The second-order valence-electron chi connectivity index (χ2n) is 4.73. The highest BCUT2D eigenvalue weighted by Gasteiger charge is 2.33. The highest BCUT2D eigenvalue weighted by molar-refractivity contribution is 5.85. The first-order valence-electron chi connectivity index (χ1n) is 6.21. The standard InChI is InChI=1S/C13H17N3O3/c1-16-8-9(7-15-16)6-14-12(17)10-4-2-3-5-11(10)13(18)19/h2-3,7-8,10-11H,4-6H2,1H3,(H,14,17)(H,18,19)/t10-,11-/m1/s1. The van der Waals surface area contributed by atoms with Gasteiger partial charge in [0.25, 0.3) is 0 Å². The van der Waals surface area contributed by atoms with Crippen LogP contribution in [0.15, 0.2) is 24.5 Å². The van der Waals surface area contributed by atoms with Gasteiger partial charge in [0, 0.05) is 25.4 Å². The topological polar surface area (TPSA) is 84.2 Å². The minimum Gasteiger partial charge on any atom is -0.481 e. The molecule has 0 aliphatic heterocycles. The van der Waals surface area contributed by atoms with Crippen LogP contribution < -0.4 is 5.32 Å². The van der Waals surface area contributed by atoms with Crippen LogP contribution in [-0.2, 0) is 23.2 Å². The van der Waals surface area contributed by atoms with E-state index < -0.39 is 17.8 Å². The molecular formula is C13H17N3O3. The van der Waals surface area contributed by atoms with E-state index in [2.05, 4.69) is 10.4 Å². The van der Waals surface area contributed by atoms with E-state index in [0.29, 0.717) is 19.4 Å². The van der Waals surface area contributed by atoms with Gasteiger partial charge in [-0.3, -0.25) is 14.3 Å². The highest BCUT2D eigenvalue weighted by atomic mass is 16.4. The molecule has 0 saturated heterocycles. The molecule has 0 unspecified atom stereocenters. The average Bonchev–Trinajstić information content (AvgIpc) is 2.81. The molecule has 2 N–H and O–H groups in total. The maximum Gasteiger partial charge on any atom is 0.307 e. The van der Waals surface area contributed by atoms with Gasteiger partial charge in [-0.25, -0.2) is 0 Å². The summed E-state index contributed by atoms with van der Waals surface area (Å²) in [5.41, 5.74) is 0.897. The van der Waals surface area contributed by atoms with Gasteiger partial charge >= 0.3 is 5.97 Å². The van der Waals surface area contributed by atoms with E-state index in [-0.39, 0.29) is 5.91 Å². The van der Waals surface area contributed by atoms with E-state index in [1.165, 1.54) is 0 Å². The van der Waals surface area contributed by atoms with Gasteiger partial charge in [-0.15, -0.1) is 0 Å².